The van der Waals surface area contributed by atoms with E-state index in [0.29, 0.717) is 10.6 Å². The molecule has 2 aromatic carbocycles. The van der Waals surface area contributed by atoms with E-state index >= 15 is 0 Å². The molecule has 0 radical (unpaired) electrons. The first-order valence-corrected chi connectivity index (χ1v) is 11.8. The van der Waals surface area contributed by atoms with Gasteiger partial charge in [-0.3, -0.25) is 4.57 Å². The Morgan fingerprint density at radius 3 is 2.57 bits per heavy atom. The molecule has 0 spiro atoms. The normalized spacial score (nSPS) is 16.4. The van der Waals surface area contributed by atoms with Crippen molar-refractivity contribution in [2.45, 2.75) is 45.4 Å². The standard InChI is InChI=1S/C26H26ClFN4O5/c1-5-17(22-23(35-4)37-22)14-32-25(33)30-24(29-19-10-11-21(20(28)12-19)36-15(2)3)31(26(32)34)13-16-6-8-18(27)9-7-16/h6-12,15,22-23H,1,13-14H2,2-4H3,(H,29,30,33). The first-order chi connectivity index (χ1) is 17.7. The highest BCUT2D eigenvalue weighted by molar-refractivity contribution is 6.30. The van der Waals surface area contributed by atoms with Gasteiger partial charge in [-0.05, 0) is 43.7 Å². The number of anilines is 2. The number of hydrogen-bond donors (Lipinski definition) is 1. The van der Waals surface area contributed by atoms with E-state index in [0.717, 1.165) is 10.1 Å². The van der Waals surface area contributed by atoms with Crippen LogP contribution in [0.2, 0.25) is 5.02 Å². The molecule has 0 amide bonds. The molecule has 1 fully saturated rings. The van der Waals surface area contributed by atoms with Crippen molar-refractivity contribution in [1.29, 1.82) is 0 Å². The summed E-state index contributed by atoms with van der Waals surface area (Å²) in [5.74, 6) is -0.570. The highest BCUT2D eigenvalue weighted by atomic mass is 35.5. The van der Waals surface area contributed by atoms with Crippen LogP contribution in [-0.4, -0.2) is 39.7 Å². The topological polar surface area (TPSA) is 99.9 Å². The summed E-state index contributed by atoms with van der Waals surface area (Å²) in [5.41, 5.74) is 2.78. The van der Waals surface area contributed by atoms with Gasteiger partial charge in [-0.15, -0.1) is 5.73 Å². The molecule has 37 heavy (non-hydrogen) atoms. The molecule has 2 unspecified atom stereocenters. The van der Waals surface area contributed by atoms with Gasteiger partial charge in [-0.2, -0.15) is 4.98 Å². The molecule has 1 aliphatic heterocycles. The number of aromatic nitrogens is 3. The highest BCUT2D eigenvalue weighted by Gasteiger charge is 2.42. The van der Waals surface area contributed by atoms with E-state index in [9.17, 15) is 14.0 Å². The fraction of sp³-hybridized carbons (Fsp3) is 0.308. The van der Waals surface area contributed by atoms with Gasteiger partial charge in [0.25, 0.3) is 0 Å². The lowest BCUT2D eigenvalue weighted by Crippen LogP contribution is -2.43. The molecule has 9 nitrogen and oxygen atoms in total. The zero-order valence-electron chi connectivity index (χ0n) is 20.5. The number of rotatable bonds is 10. The van der Waals surface area contributed by atoms with E-state index < -0.39 is 29.6 Å². The smallest absolute Gasteiger partial charge is 0.355 e. The van der Waals surface area contributed by atoms with Gasteiger partial charge < -0.3 is 19.5 Å². The zero-order chi connectivity index (χ0) is 26.7. The van der Waals surface area contributed by atoms with Gasteiger partial charge in [0.2, 0.25) is 5.95 Å². The maximum Gasteiger partial charge on any atom is 0.355 e. The number of benzene rings is 2. The van der Waals surface area contributed by atoms with Gasteiger partial charge in [0.1, 0.15) is 6.10 Å². The van der Waals surface area contributed by atoms with Crippen LogP contribution in [-0.2, 0) is 22.6 Å². The summed E-state index contributed by atoms with van der Waals surface area (Å²) in [6.45, 7) is 7.15. The van der Waals surface area contributed by atoms with Crippen molar-refractivity contribution in [2.75, 3.05) is 12.4 Å². The van der Waals surface area contributed by atoms with Crippen molar-refractivity contribution >= 4 is 23.2 Å². The molecule has 4 rings (SSSR count). The molecule has 0 saturated carbocycles. The Labute approximate surface area is 217 Å². The number of ether oxygens (including phenoxy) is 3. The van der Waals surface area contributed by atoms with Gasteiger partial charge in [0.15, 0.2) is 17.9 Å². The van der Waals surface area contributed by atoms with Crippen molar-refractivity contribution in [1.82, 2.24) is 14.1 Å². The summed E-state index contributed by atoms with van der Waals surface area (Å²) < 4.78 is 32.8. The van der Waals surface area contributed by atoms with Crippen LogP contribution in [0.4, 0.5) is 16.0 Å². The maximum absolute atomic E-state index is 14.6. The van der Waals surface area contributed by atoms with Gasteiger partial charge in [-0.25, -0.2) is 18.5 Å². The minimum absolute atomic E-state index is 0.0558. The molecule has 0 aliphatic carbocycles. The summed E-state index contributed by atoms with van der Waals surface area (Å²) in [7, 11) is 1.49. The zero-order valence-corrected chi connectivity index (χ0v) is 21.3. The number of hydrogen-bond acceptors (Lipinski definition) is 7. The predicted octanol–water partition coefficient (Wildman–Crippen LogP) is 3.86. The van der Waals surface area contributed by atoms with E-state index in [4.69, 9.17) is 25.8 Å². The number of nitrogens with zero attached hydrogens (tertiary/aromatic N) is 3. The Morgan fingerprint density at radius 2 is 1.97 bits per heavy atom. The van der Waals surface area contributed by atoms with Gasteiger partial charge in [-0.1, -0.05) is 30.3 Å². The molecule has 1 aliphatic rings. The molecule has 2 heterocycles. The summed E-state index contributed by atoms with van der Waals surface area (Å²) in [5, 5.41) is 3.43. The SMILES string of the molecule is C=C=C(Cn1c(=O)nc(Nc2ccc(OC(C)C)c(F)c2)n(Cc2ccc(Cl)cc2)c1=O)C1OC1OC. The van der Waals surface area contributed by atoms with Crippen LogP contribution < -0.4 is 21.4 Å². The molecular weight excluding hydrogens is 503 g/mol. The van der Waals surface area contributed by atoms with Crippen molar-refractivity contribution in [3.8, 4) is 5.75 Å². The van der Waals surface area contributed by atoms with E-state index in [1.807, 2.05) is 0 Å². The van der Waals surface area contributed by atoms with E-state index in [1.54, 1.807) is 44.2 Å². The van der Waals surface area contributed by atoms with Crippen molar-refractivity contribution < 1.29 is 18.6 Å². The summed E-state index contributed by atoms with van der Waals surface area (Å²) >= 11 is 6.00. The Balaban J connectivity index is 1.73. The first kappa shape index (κ1) is 26.4. The van der Waals surface area contributed by atoms with E-state index in [1.165, 1.54) is 23.8 Å². The molecule has 194 valence electrons. The molecular formula is C26H26ClFN4O5. The highest BCUT2D eigenvalue weighted by Crippen LogP contribution is 2.29. The lowest BCUT2D eigenvalue weighted by molar-refractivity contribution is 0.0950. The molecule has 11 heteroatoms. The van der Waals surface area contributed by atoms with E-state index in [2.05, 4.69) is 22.6 Å². The molecule has 0 bridgehead atoms. The Hall–Kier alpha value is -3.69. The fourth-order valence-corrected chi connectivity index (χ4v) is 3.80. The third kappa shape index (κ3) is 6.18. The number of epoxide rings is 1. The van der Waals surface area contributed by atoms with Gasteiger partial charge in [0.05, 0.1) is 19.2 Å². The lowest BCUT2D eigenvalue weighted by atomic mass is 10.2. The Kier molecular flexibility index (Phi) is 7.94. The number of nitrogens with one attached hydrogen (secondary N) is 1. The monoisotopic (exact) mass is 528 g/mol. The van der Waals surface area contributed by atoms with Crippen LogP contribution in [0.15, 0.2) is 69.9 Å². The quantitative estimate of drug-likeness (QED) is 0.315. The lowest BCUT2D eigenvalue weighted by Gasteiger charge is -2.17. The molecule has 1 N–H and O–H groups in total. The first-order valence-electron chi connectivity index (χ1n) is 11.5. The predicted molar refractivity (Wildman–Crippen MR) is 137 cm³/mol. The summed E-state index contributed by atoms with van der Waals surface area (Å²) in [4.78, 5) is 30.6. The van der Waals surface area contributed by atoms with Crippen molar-refractivity contribution in [2.24, 2.45) is 0 Å². The van der Waals surface area contributed by atoms with E-state index in [-0.39, 0.29) is 36.6 Å². The Morgan fingerprint density at radius 1 is 1.24 bits per heavy atom. The van der Waals surface area contributed by atoms with Crippen LogP contribution >= 0.6 is 11.6 Å². The second-order valence-corrected chi connectivity index (χ2v) is 9.04. The maximum atomic E-state index is 14.6. The number of halogens is 2. The molecule has 3 aromatic rings. The van der Waals surface area contributed by atoms with Gasteiger partial charge >= 0.3 is 11.4 Å². The average molecular weight is 529 g/mol. The van der Waals surface area contributed by atoms with Crippen LogP contribution in [0.1, 0.15) is 19.4 Å². The third-order valence-electron chi connectivity index (χ3n) is 5.54. The van der Waals surface area contributed by atoms with Crippen molar-refractivity contribution in [3.05, 3.63) is 97.7 Å². The van der Waals surface area contributed by atoms with Crippen molar-refractivity contribution in [3.63, 3.8) is 0 Å². The molecule has 2 atom stereocenters. The second kappa shape index (κ2) is 11.1. The Bertz CT molecular complexity index is 1460. The largest absolute Gasteiger partial charge is 0.488 e. The summed E-state index contributed by atoms with van der Waals surface area (Å²) in [6.07, 6.45) is -1.14. The molecule has 1 saturated heterocycles. The minimum atomic E-state index is -0.803. The molecule has 1 aromatic heterocycles. The van der Waals surface area contributed by atoms with Gasteiger partial charge in [0, 0.05) is 29.5 Å². The minimum Gasteiger partial charge on any atom is -0.488 e. The number of methoxy groups -OCH3 is 1. The summed E-state index contributed by atoms with van der Waals surface area (Å²) in [6, 6.07) is 11.1. The average Bonchev–Trinajstić information content (AvgIpc) is 3.64. The fourth-order valence-electron chi connectivity index (χ4n) is 3.67. The van der Waals surface area contributed by atoms with Crippen LogP contribution in [0, 0.1) is 5.82 Å². The van der Waals surface area contributed by atoms with Crippen LogP contribution in [0.5, 0.6) is 5.75 Å². The van der Waals surface area contributed by atoms with Crippen LogP contribution in [0.3, 0.4) is 0 Å². The van der Waals surface area contributed by atoms with Crippen LogP contribution in [0.25, 0.3) is 0 Å². The second-order valence-electron chi connectivity index (χ2n) is 8.60. The third-order valence-corrected chi connectivity index (χ3v) is 5.79.